The Morgan fingerprint density at radius 3 is 2.55 bits per heavy atom. The van der Waals surface area contributed by atoms with E-state index >= 15 is 0 Å². The average molecular weight is 456 g/mol. The Morgan fingerprint density at radius 2 is 1.85 bits per heavy atom. The lowest BCUT2D eigenvalue weighted by molar-refractivity contribution is -0.122. The lowest BCUT2D eigenvalue weighted by Gasteiger charge is -2.34. The standard InChI is InChI=1S/C24H33N5O4/c1-3-33-20-9-7-19(8-10-20)27-23-21(6-4-11-26-23)24(31)29-15-13-28(14-16-29)18-22(30)25-12-5-17-32-2/h4,6-11H,3,5,12-18H2,1-2H3,(H,25,30)(H,26,27). The number of anilines is 2. The van der Waals surface area contributed by atoms with E-state index in [0.29, 0.717) is 63.9 Å². The lowest BCUT2D eigenvalue weighted by Crippen LogP contribution is -2.51. The average Bonchev–Trinajstić information content (AvgIpc) is 2.84. The van der Waals surface area contributed by atoms with Gasteiger partial charge in [-0.2, -0.15) is 0 Å². The molecule has 9 heteroatoms. The van der Waals surface area contributed by atoms with Gasteiger partial charge in [0.2, 0.25) is 5.91 Å². The minimum absolute atomic E-state index is 0.0000181. The molecule has 0 saturated carbocycles. The van der Waals surface area contributed by atoms with E-state index in [2.05, 4.69) is 20.5 Å². The van der Waals surface area contributed by atoms with Gasteiger partial charge in [-0.15, -0.1) is 0 Å². The Hall–Kier alpha value is -3.17. The SMILES string of the molecule is CCOc1ccc(Nc2ncccc2C(=O)N2CCN(CC(=O)NCCCOC)CC2)cc1. The number of carbonyl (C=O) groups excluding carboxylic acids is 2. The third kappa shape index (κ3) is 7.44. The Labute approximate surface area is 195 Å². The molecule has 0 bridgehead atoms. The molecule has 2 aromatic rings. The van der Waals surface area contributed by atoms with Crippen LogP contribution in [0.4, 0.5) is 11.5 Å². The number of nitrogens with zero attached hydrogens (tertiary/aromatic N) is 3. The summed E-state index contributed by atoms with van der Waals surface area (Å²) in [5.74, 6) is 1.24. The molecule has 1 aromatic carbocycles. The minimum Gasteiger partial charge on any atom is -0.494 e. The van der Waals surface area contributed by atoms with Crippen LogP contribution in [-0.4, -0.2) is 86.2 Å². The summed E-state index contributed by atoms with van der Waals surface area (Å²) in [5.41, 5.74) is 1.35. The number of rotatable bonds is 11. The van der Waals surface area contributed by atoms with Crippen LogP contribution >= 0.6 is 0 Å². The fourth-order valence-electron chi connectivity index (χ4n) is 3.60. The zero-order valence-electron chi connectivity index (χ0n) is 19.4. The topological polar surface area (TPSA) is 96.0 Å². The quantitative estimate of drug-likeness (QED) is 0.501. The normalized spacial score (nSPS) is 14.1. The van der Waals surface area contributed by atoms with Crippen LogP contribution in [0, 0.1) is 0 Å². The van der Waals surface area contributed by atoms with Gasteiger partial charge in [-0.05, 0) is 49.7 Å². The molecule has 178 valence electrons. The largest absolute Gasteiger partial charge is 0.494 e. The number of aromatic nitrogens is 1. The van der Waals surface area contributed by atoms with Gasteiger partial charge in [0.05, 0.1) is 18.7 Å². The number of benzene rings is 1. The van der Waals surface area contributed by atoms with Gasteiger partial charge in [-0.3, -0.25) is 14.5 Å². The number of piperazine rings is 1. The Bertz CT molecular complexity index is 898. The summed E-state index contributed by atoms with van der Waals surface area (Å²) in [6.45, 7) is 6.56. The second-order valence-corrected chi connectivity index (χ2v) is 7.75. The molecule has 1 aromatic heterocycles. The van der Waals surface area contributed by atoms with Crippen molar-refractivity contribution in [2.45, 2.75) is 13.3 Å². The maximum absolute atomic E-state index is 13.2. The molecular formula is C24H33N5O4. The highest BCUT2D eigenvalue weighted by Crippen LogP contribution is 2.22. The highest BCUT2D eigenvalue weighted by molar-refractivity contribution is 5.99. The molecule has 0 atom stereocenters. The summed E-state index contributed by atoms with van der Waals surface area (Å²) in [6.07, 6.45) is 2.46. The van der Waals surface area contributed by atoms with Gasteiger partial charge in [0, 0.05) is 58.3 Å². The fraction of sp³-hybridized carbons (Fsp3) is 0.458. The second-order valence-electron chi connectivity index (χ2n) is 7.75. The maximum Gasteiger partial charge on any atom is 0.257 e. The van der Waals surface area contributed by atoms with Crippen LogP contribution in [0.15, 0.2) is 42.6 Å². The number of pyridine rings is 1. The highest BCUT2D eigenvalue weighted by Gasteiger charge is 2.25. The minimum atomic E-state index is -0.0693. The van der Waals surface area contributed by atoms with Gasteiger partial charge in [-0.1, -0.05) is 0 Å². The molecule has 1 aliphatic heterocycles. The first kappa shape index (κ1) is 24.5. The van der Waals surface area contributed by atoms with Crippen molar-refractivity contribution < 1.29 is 19.1 Å². The van der Waals surface area contributed by atoms with Crippen LogP contribution in [0.3, 0.4) is 0 Å². The molecule has 1 saturated heterocycles. The molecule has 2 N–H and O–H groups in total. The summed E-state index contributed by atoms with van der Waals surface area (Å²) in [7, 11) is 1.65. The van der Waals surface area contributed by atoms with Crippen LogP contribution in [-0.2, 0) is 9.53 Å². The van der Waals surface area contributed by atoms with Crippen LogP contribution in [0.25, 0.3) is 0 Å². The van der Waals surface area contributed by atoms with Crippen LogP contribution in [0.5, 0.6) is 5.75 Å². The summed E-state index contributed by atoms with van der Waals surface area (Å²) in [4.78, 5) is 33.5. The third-order valence-corrected chi connectivity index (χ3v) is 5.34. The Morgan fingerprint density at radius 1 is 1.09 bits per heavy atom. The van der Waals surface area contributed by atoms with Crippen molar-refractivity contribution in [1.29, 1.82) is 0 Å². The number of carbonyl (C=O) groups is 2. The molecule has 3 rings (SSSR count). The highest BCUT2D eigenvalue weighted by atomic mass is 16.5. The number of hydrogen-bond donors (Lipinski definition) is 2. The van der Waals surface area contributed by atoms with Crippen molar-refractivity contribution in [2.75, 3.05) is 64.9 Å². The van der Waals surface area contributed by atoms with Crippen molar-refractivity contribution in [3.8, 4) is 5.75 Å². The van der Waals surface area contributed by atoms with Crippen molar-refractivity contribution in [1.82, 2.24) is 20.1 Å². The third-order valence-electron chi connectivity index (χ3n) is 5.34. The van der Waals surface area contributed by atoms with E-state index in [0.717, 1.165) is 17.9 Å². The fourth-order valence-corrected chi connectivity index (χ4v) is 3.60. The molecule has 2 amide bonds. The molecule has 0 radical (unpaired) electrons. The molecule has 1 fully saturated rings. The summed E-state index contributed by atoms with van der Waals surface area (Å²) >= 11 is 0. The summed E-state index contributed by atoms with van der Waals surface area (Å²) in [5, 5.41) is 6.14. The summed E-state index contributed by atoms with van der Waals surface area (Å²) in [6, 6.07) is 11.1. The number of nitrogens with one attached hydrogen (secondary N) is 2. The van der Waals surface area contributed by atoms with Crippen molar-refractivity contribution in [3.63, 3.8) is 0 Å². The predicted molar refractivity (Wildman–Crippen MR) is 127 cm³/mol. The van der Waals surface area contributed by atoms with E-state index in [1.165, 1.54) is 0 Å². The van der Waals surface area contributed by atoms with Crippen LogP contribution in [0.1, 0.15) is 23.7 Å². The van der Waals surface area contributed by atoms with Crippen molar-refractivity contribution >= 4 is 23.3 Å². The molecule has 0 spiro atoms. The molecule has 33 heavy (non-hydrogen) atoms. The van der Waals surface area contributed by atoms with Gasteiger partial charge >= 0.3 is 0 Å². The van der Waals surface area contributed by atoms with Gasteiger partial charge < -0.3 is 25.0 Å². The number of methoxy groups -OCH3 is 1. The first-order valence-corrected chi connectivity index (χ1v) is 11.3. The van der Waals surface area contributed by atoms with Crippen molar-refractivity contribution in [2.24, 2.45) is 0 Å². The van der Waals surface area contributed by atoms with Crippen LogP contribution in [0.2, 0.25) is 0 Å². The van der Waals surface area contributed by atoms with E-state index in [9.17, 15) is 9.59 Å². The predicted octanol–water partition coefficient (Wildman–Crippen LogP) is 2.13. The first-order valence-electron chi connectivity index (χ1n) is 11.3. The van der Waals surface area contributed by atoms with Crippen molar-refractivity contribution in [3.05, 3.63) is 48.2 Å². The van der Waals surface area contributed by atoms with E-state index in [1.54, 1.807) is 25.4 Å². The zero-order valence-corrected chi connectivity index (χ0v) is 19.4. The molecule has 1 aliphatic rings. The Balaban J connectivity index is 1.53. The monoisotopic (exact) mass is 455 g/mol. The molecular weight excluding hydrogens is 422 g/mol. The number of hydrogen-bond acceptors (Lipinski definition) is 7. The molecule has 0 unspecified atom stereocenters. The lowest BCUT2D eigenvalue weighted by atomic mass is 10.2. The first-order chi connectivity index (χ1) is 16.1. The van der Waals surface area contributed by atoms with Gasteiger partial charge in [-0.25, -0.2) is 4.98 Å². The summed E-state index contributed by atoms with van der Waals surface area (Å²) < 4.78 is 10.5. The van der Waals surface area contributed by atoms with E-state index in [-0.39, 0.29) is 11.8 Å². The molecule has 9 nitrogen and oxygen atoms in total. The zero-order chi connectivity index (χ0) is 23.5. The second kappa shape index (κ2) is 12.8. The number of amides is 2. The molecule has 2 heterocycles. The van der Waals surface area contributed by atoms with E-state index < -0.39 is 0 Å². The maximum atomic E-state index is 13.2. The smallest absolute Gasteiger partial charge is 0.257 e. The number of ether oxygens (including phenoxy) is 2. The van der Waals surface area contributed by atoms with Gasteiger partial charge in [0.15, 0.2) is 0 Å². The van der Waals surface area contributed by atoms with Gasteiger partial charge in [0.25, 0.3) is 5.91 Å². The van der Waals surface area contributed by atoms with Crippen LogP contribution < -0.4 is 15.4 Å². The molecule has 0 aliphatic carbocycles. The Kier molecular flexibility index (Phi) is 9.46. The van der Waals surface area contributed by atoms with Gasteiger partial charge in [0.1, 0.15) is 11.6 Å². The van der Waals surface area contributed by atoms with E-state index in [1.807, 2.05) is 36.1 Å². The van der Waals surface area contributed by atoms with E-state index in [4.69, 9.17) is 9.47 Å².